The Balaban J connectivity index is 2.55. The lowest BCUT2D eigenvalue weighted by Crippen LogP contribution is -2.26. The third-order valence-electron chi connectivity index (χ3n) is 2.84. The van der Waals surface area contributed by atoms with Gasteiger partial charge < -0.3 is 5.32 Å². The SMILES string of the molecule is Cc1ccc(F)c(C2(F)CCNC2)c1F. The summed E-state index contributed by atoms with van der Waals surface area (Å²) in [4.78, 5) is 0. The van der Waals surface area contributed by atoms with Crippen molar-refractivity contribution in [1.29, 1.82) is 0 Å². The number of aryl methyl sites for hydroxylation is 1. The lowest BCUT2D eigenvalue weighted by Gasteiger charge is -2.20. The van der Waals surface area contributed by atoms with E-state index in [1.165, 1.54) is 13.0 Å². The van der Waals surface area contributed by atoms with E-state index in [1.54, 1.807) is 0 Å². The molecule has 1 fully saturated rings. The quantitative estimate of drug-likeness (QED) is 0.758. The second-order valence-electron chi connectivity index (χ2n) is 3.95. The first-order valence-corrected chi connectivity index (χ1v) is 4.89. The maximum absolute atomic E-state index is 14.2. The van der Waals surface area contributed by atoms with E-state index in [4.69, 9.17) is 0 Å². The molecule has 0 aromatic heterocycles. The number of benzene rings is 1. The number of alkyl halides is 1. The normalized spacial score (nSPS) is 25.9. The third kappa shape index (κ3) is 1.63. The van der Waals surface area contributed by atoms with Crippen molar-refractivity contribution in [2.24, 2.45) is 0 Å². The average Bonchev–Trinajstić information content (AvgIpc) is 2.60. The van der Waals surface area contributed by atoms with Crippen LogP contribution in [0.4, 0.5) is 13.2 Å². The Hall–Kier alpha value is -1.03. The van der Waals surface area contributed by atoms with E-state index >= 15 is 0 Å². The zero-order valence-corrected chi connectivity index (χ0v) is 8.41. The Morgan fingerprint density at radius 2 is 2.07 bits per heavy atom. The molecule has 0 amide bonds. The number of nitrogens with one attached hydrogen (secondary N) is 1. The van der Waals surface area contributed by atoms with Crippen LogP contribution in [0, 0.1) is 18.6 Å². The Labute approximate surface area is 86.3 Å². The minimum absolute atomic E-state index is 0.0235. The van der Waals surface area contributed by atoms with Crippen LogP contribution in [0.1, 0.15) is 17.5 Å². The van der Waals surface area contributed by atoms with Crippen LogP contribution >= 0.6 is 0 Å². The maximum atomic E-state index is 14.2. The molecule has 1 nitrogen and oxygen atoms in total. The minimum Gasteiger partial charge on any atom is -0.313 e. The van der Waals surface area contributed by atoms with Gasteiger partial charge in [-0.25, -0.2) is 13.2 Å². The molecule has 1 heterocycles. The van der Waals surface area contributed by atoms with Crippen LogP contribution in [0.15, 0.2) is 12.1 Å². The van der Waals surface area contributed by atoms with Crippen LogP contribution in [0.3, 0.4) is 0 Å². The van der Waals surface area contributed by atoms with Crippen molar-refractivity contribution in [2.75, 3.05) is 13.1 Å². The highest BCUT2D eigenvalue weighted by atomic mass is 19.2. The smallest absolute Gasteiger partial charge is 0.155 e. The summed E-state index contributed by atoms with van der Waals surface area (Å²) in [5, 5.41) is 2.78. The van der Waals surface area contributed by atoms with Crippen LogP contribution in [0.5, 0.6) is 0 Å². The summed E-state index contributed by atoms with van der Waals surface area (Å²) < 4.78 is 41.3. The molecular formula is C11H12F3N. The van der Waals surface area contributed by atoms with E-state index in [-0.39, 0.29) is 18.5 Å². The summed E-state index contributed by atoms with van der Waals surface area (Å²) in [6.07, 6.45) is 0.115. The summed E-state index contributed by atoms with van der Waals surface area (Å²) in [6, 6.07) is 2.44. The molecule has 1 atom stereocenters. The molecule has 1 unspecified atom stereocenters. The molecule has 0 radical (unpaired) electrons. The molecule has 4 heteroatoms. The Bertz CT molecular complexity index is 384. The van der Waals surface area contributed by atoms with Gasteiger partial charge in [-0.2, -0.15) is 0 Å². The van der Waals surface area contributed by atoms with Gasteiger partial charge in [0.2, 0.25) is 0 Å². The van der Waals surface area contributed by atoms with Gasteiger partial charge in [0.25, 0.3) is 0 Å². The summed E-state index contributed by atoms with van der Waals surface area (Å²) >= 11 is 0. The fraction of sp³-hybridized carbons (Fsp3) is 0.455. The molecule has 1 aliphatic heterocycles. The van der Waals surface area contributed by atoms with Crippen LogP contribution in [0.25, 0.3) is 0 Å². The highest BCUT2D eigenvalue weighted by Gasteiger charge is 2.40. The Kier molecular flexibility index (Phi) is 2.46. The van der Waals surface area contributed by atoms with Gasteiger partial charge >= 0.3 is 0 Å². The van der Waals surface area contributed by atoms with Crippen molar-refractivity contribution in [3.8, 4) is 0 Å². The Morgan fingerprint density at radius 1 is 1.33 bits per heavy atom. The van der Waals surface area contributed by atoms with Gasteiger partial charge in [-0.05, 0) is 31.5 Å². The number of hydrogen-bond donors (Lipinski definition) is 1. The van der Waals surface area contributed by atoms with E-state index < -0.39 is 22.9 Å². The summed E-state index contributed by atoms with van der Waals surface area (Å²) in [5.74, 6) is -1.56. The Morgan fingerprint density at radius 3 is 2.67 bits per heavy atom. The van der Waals surface area contributed by atoms with Gasteiger partial charge in [0.05, 0.1) is 5.56 Å². The lowest BCUT2D eigenvalue weighted by molar-refractivity contribution is 0.179. The van der Waals surface area contributed by atoms with Gasteiger partial charge in [-0.1, -0.05) is 6.07 Å². The predicted octanol–water partition coefficient (Wildman–Crippen LogP) is 2.43. The number of rotatable bonds is 1. The lowest BCUT2D eigenvalue weighted by atomic mass is 9.92. The van der Waals surface area contributed by atoms with Crippen molar-refractivity contribution in [3.05, 3.63) is 34.9 Å². The van der Waals surface area contributed by atoms with Crippen LogP contribution in [0.2, 0.25) is 0 Å². The van der Waals surface area contributed by atoms with Gasteiger partial charge in [0, 0.05) is 6.54 Å². The standard InChI is InChI=1S/C11H12F3N/c1-7-2-3-8(12)9(10(7)13)11(14)4-5-15-6-11/h2-3,15H,4-6H2,1H3. The van der Waals surface area contributed by atoms with Crippen molar-refractivity contribution < 1.29 is 13.2 Å². The van der Waals surface area contributed by atoms with Crippen LogP contribution in [-0.4, -0.2) is 13.1 Å². The molecule has 1 aliphatic rings. The van der Waals surface area contributed by atoms with Gasteiger partial charge in [-0.15, -0.1) is 0 Å². The topological polar surface area (TPSA) is 12.0 Å². The van der Waals surface area contributed by atoms with Gasteiger partial charge in [0.1, 0.15) is 11.6 Å². The van der Waals surface area contributed by atoms with Crippen molar-refractivity contribution in [3.63, 3.8) is 0 Å². The predicted molar refractivity (Wildman–Crippen MR) is 51.4 cm³/mol. The fourth-order valence-corrected chi connectivity index (χ4v) is 1.94. The van der Waals surface area contributed by atoms with Crippen LogP contribution < -0.4 is 5.32 Å². The van der Waals surface area contributed by atoms with Crippen molar-refractivity contribution in [1.82, 2.24) is 5.32 Å². The van der Waals surface area contributed by atoms with Crippen molar-refractivity contribution in [2.45, 2.75) is 19.0 Å². The minimum atomic E-state index is -1.90. The van der Waals surface area contributed by atoms with E-state index in [1.807, 2.05) is 0 Å². The third-order valence-corrected chi connectivity index (χ3v) is 2.84. The van der Waals surface area contributed by atoms with E-state index in [9.17, 15) is 13.2 Å². The average molecular weight is 215 g/mol. The molecule has 1 aromatic carbocycles. The molecule has 1 aromatic rings. The highest BCUT2D eigenvalue weighted by Crippen LogP contribution is 2.36. The fourth-order valence-electron chi connectivity index (χ4n) is 1.94. The zero-order valence-electron chi connectivity index (χ0n) is 8.41. The summed E-state index contributed by atoms with van der Waals surface area (Å²) in [7, 11) is 0. The maximum Gasteiger partial charge on any atom is 0.155 e. The molecule has 0 bridgehead atoms. The second kappa shape index (κ2) is 3.52. The van der Waals surface area contributed by atoms with E-state index in [0.717, 1.165) is 6.07 Å². The van der Waals surface area contributed by atoms with Crippen LogP contribution in [-0.2, 0) is 5.67 Å². The number of halogens is 3. The first-order valence-electron chi connectivity index (χ1n) is 4.89. The molecule has 0 aliphatic carbocycles. The molecule has 1 saturated heterocycles. The first-order chi connectivity index (χ1) is 7.04. The molecule has 0 saturated carbocycles. The second-order valence-corrected chi connectivity index (χ2v) is 3.95. The molecule has 82 valence electrons. The van der Waals surface area contributed by atoms with Crippen molar-refractivity contribution >= 4 is 0 Å². The van der Waals surface area contributed by atoms with Gasteiger partial charge in [-0.3, -0.25) is 0 Å². The molecule has 15 heavy (non-hydrogen) atoms. The van der Waals surface area contributed by atoms with E-state index in [2.05, 4.69) is 5.32 Å². The zero-order chi connectivity index (χ0) is 11.1. The molecule has 2 rings (SSSR count). The monoisotopic (exact) mass is 215 g/mol. The summed E-state index contributed by atoms with van der Waals surface area (Å²) in [6.45, 7) is 1.93. The van der Waals surface area contributed by atoms with Gasteiger partial charge in [0.15, 0.2) is 5.67 Å². The summed E-state index contributed by atoms with van der Waals surface area (Å²) in [5.41, 5.74) is -2.05. The first kappa shape index (κ1) is 10.5. The molecular weight excluding hydrogens is 203 g/mol. The van der Waals surface area contributed by atoms with E-state index in [0.29, 0.717) is 6.54 Å². The molecule has 1 N–H and O–H groups in total. The number of hydrogen-bond acceptors (Lipinski definition) is 1. The largest absolute Gasteiger partial charge is 0.313 e. The highest BCUT2D eigenvalue weighted by molar-refractivity contribution is 5.32. The molecule has 0 spiro atoms.